The van der Waals surface area contributed by atoms with E-state index >= 15 is 0 Å². The van der Waals surface area contributed by atoms with Gasteiger partial charge in [-0.25, -0.2) is 0 Å². The number of nitrogens with zero attached hydrogens (tertiary/aromatic N) is 1. The highest BCUT2D eigenvalue weighted by Crippen LogP contribution is 2.25. The zero-order chi connectivity index (χ0) is 10.6. The molecule has 0 fully saturated rings. The minimum atomic E-state index is 0.437. The summed E-state index contributed by atoms with van der Waals surface area (Å²) in [5, 5.41) is 8.41. The first-order valence-electron chi connectivity index (χ1n) is 4.73. The van der Waals surface area contributed by atoms with Gasteiger partial charge >= 0.3 is 0 Å². The number of ether oxygens (including phenoxy) is 1. The maximum Gasteiger partial charge on any atom is 0.125 e. The molecule has 1 aromatic carbocycles. The second kappa shape index (κ2) is 4.66. The van der Waals surface area contributed by atoms with Crippen LogP contribution in [0.3, 0.4) is 0 Å². The number of rotatable bonds is 3. The average Bonchev–Trinajstić information content (AvgIpc) is 2.18. The van der Waals surface area contributed by atoms with E-state index in [2.05, 4.69) is 19.1 Å². The Morgan fingerprint density at radius 1 is 1.21 bits per heavy atom. The van der Waals surface area contributed by atoms with Crippen molar-refractivity contribution in [2.24, 2.45) is 0 Å². The summed E-state index contributed by atoms with van der Waals surface area (Å²) in [4.78, 5) is 0. The summed E-state index contributed by atoms with van der Waals surface area (Å²) in [6.07, 6.45) is 0.437. The Labute approximate surface area is 85.1 Å². The predicted octanol–water partition coefficient (Wildman–Crippen LogP) is 2.90. The molecule has 1 aromatic rings. The second-order valence-corrected chi connectivity index (χ2v) is 3.41. The van der Waals surface area contributed by atoms with Crippen LogP contribution in [0.4, 0.5) is 0 Å². The lowest BCUT2D eigenvalue weighted by molar-refractivity contribution is 0.322. The van der Waals surface area contributed by atoms with Gasteiger partial charge < -0.3 is 4.74 Å². The normalized spacial score (nSPS) is 9.57. The Balaban J connectivity index is 2.85. The zero-order valence-electron chi connectivity index (χ0n) is 8.92. The summed E-state index contributed by atoms with van der Waals surface area (Å²) in [6, 6.07) is 6.20. The van der Waals surface area contributed by atoms with Crippen LogP contribution in [0, 0.1) is 32.1 Å². The molecular weight excluding hydrogens is 174 g/mol. The van der Waals surface area contributed by atoms with E-state index in [0.29, 0.717) is 13.0 Å². The molecule has 2 heteroatoms. The van der Waals surface area contributed by atoms with Crippen molar-refractivity contribution in [1.82, 2.24) is 0 Å². The van der Waals surface area contributed by atoms with E-state index in [-0.39, 0.29) is 0 Å². The number of nitriles is 1. The van der Waals surface area contributed by atoms with Gasteiger partial charge in [0.2, 0.25) is 0 Å². The third-order valence-corrected chi connectivity index (χ3v) is 2.33. The highest BCUT2D eigenvalue weighted by Gasteiger charge is 2.05. The minimum absolute atomic E-state index is 0.437. The van der Waals surface area contributed by atoms with E-state index in [1.54, 1.807) is 0 Å². The number of hydrogen-bond donors (Lipinski definition) is 0. The molecule has 74 valence electrons. The summed E-state index contributed by atoms with van der Waals surface area (Å²) in [7, 11) is 0. The van der Waals surface area contributed by atoms with E-state index in [1.165, 1.54) is 11.1 Å². The molecule has 0 aliphatic heterocycles. The van der Waals surface area contributed by atoms with Gasteiger partial charge in [-0.3, -0.25) is 0 Å². The summed E-state index contributed by atoms with van der Waals surface area (Å²) in [6.45, 7) is 6.60. The van der Waals surface area contributed by atoms with Crippen molar-refractivity contribution in [3.8, 4) is 11.8 Å². The molecule has 0 aliphatic carbocycles. The second-order valence-electron chi connectivity index (χ2n) is 3.41. The summed E-state index contributed by atoms with van der Waals surface area (Å²) < 4.78 is 5.57. The van der Waals surface area contributed by atoms with Crippen molar-refractivity contribution in [2.75, 3.05) is 6.61 Å². The van der Waals surface area contributed by atoms with Gasteiger partial charge in [-0.1, -0.05) is 12.1 Å². The van der Waals surface area contributed by atoms with Gasteiger partial charge in [0.1, 0.15) is 12.4 Å². The van der Waals surface area contributed by atoms with Gasteiger partial charge in [0.05, 0.1) is 12.5 Å². The quantitative estimate of drug-likeness (QED) is 0.685. The molecule has 2 nitrogen and oxygen atoms in total. The lowest BCUT2D eigenvalue weighted by Gasteiger charge is -2.12. The van der Waals surface area contributed by atoms with E-state index in [1.807, 2.05) is 19.9 Å². The Kier molecular flexibility index (Phi) is 3.53. The highest BCUT2D eigenvalue weighted by atomic mass is 16.5. The molecule has 0 unspecified atom stereocenters. The molecular formula is C12H15NO. The molecule has 0 heterocycles. The number of aryl methyl sites for hydroxylation is 2. The van der Waals surface area contributed by atoms with Crippen LogP contribution >= 0.6 is 0 Å². The third kappa shape index (κ3) is 2.26. The summed E-state index contributed by atoms with van der Waals surface area (Å²) in [5.41, 5.74) is 3.52. The predicted molar refractivity (Wildman–Crippen MR) is 56.4 cm³/mol. The smallest absolute Gasteiger partial charge is 0.125 e. The van der Waals surface area contributed by atoms with E-state index in [9.17, 15) is 0 Å². The maximum absolute atomic E-state index is 8.41. The minimum Gasteiger partial charge on any atom is -0.492 e. The van der Waals surface area contributed by atoms with Crippen LogP contribution in [0.15, 0.2) is 12.1 Å². The zero-order valence-corrected chi connectivity index (χ0v) is 8.92. The van der Waals surface area contributed by atoms with Crippen molar-refractivity contribution in [3.05, 3.63) is 28.8 Å². The Morgan fingerprint density at radius 2 is 1.86 bits per heavy atom. The molecule has 0 radical (unpaired) electrons. The molecule has 0 aromatic heterocycles. The Morgan fingerprint density at radius 3 is 2.50 bits per heavy atom. The molecule has 0 saturated heterocycles. The van der Waals surface area contributed by atoms with E-state index in [0.717, 1.165) is 11.3 Å². The number of hydrogen-bond acceptors (Lipinski definition) is 2. The molecule has 0 aliphatic rings. The highest BCUT2D eigenvalue weighted by molar-refractivity contribution is 5.44. The fraction of sp³-hybridized carbons (Fsp3) is 0.417. The van der Waals surface area contributed by atoms with E-state index in [4.69, 9.17) is 10.00 Å². The fourth-order valence-corrected chi connectivity index (χ4v) is 1.35. The first kappa shape index (κ1) is 10.6. The SMILES string of the molecule is Cc1ccc(C)c(OCCC#N)c1C. The van der Waals surface area contributed by atoms with Gasteiger partial charge in [-0.05, 0) is 37.5 Å². The van der Waals surface area contributed by atoms with E-state index < -0.39 is 0 Å². The molecule has 0 bridgehead atoms. The topological polar surface area (TPSA) is 33.0 Å². The van der Waals surface area contributed by atoms with Gasteiger partial charge in [0.25, 0.3) is 0 Å². The molecule has 0 N–H and O–H groups in total. The van der Waals surface area contributed by atoms with Crippen LogP contribution in [-0.2, 0) is 0 Å². The maximum atomic E-state index is 8.41. The molecule has 0 amide bonds. The standard InChI is InChI=1S/C12H15NO/c1-9-5-6-10(2)12(11(9)3)14-8-4-7-13/h5-6H,4,8H2,1-3H3. The Bertz CT molecular complexity index is 363. The van der Waals surface area contributed by atoms with Crippen LogP contribution < -0.4 is 4.74 Å². The number of benzene rings is 1. The van der Waals surface area contributed by atoms with Gasteiger partial charge in [0, 0.05) is 0 Å². The van der Waals surface area contributed by atoms with Crippen LogP contribution in [0.25, 0.3) is 0 Å². The van der Waals surface area contributed by atoms with Crippen LogP contribution in [0.5, 0.6) is 5.75 Å². The Hall–Kier alpha value is -1.49. The average molecular weight is 189 g/mol. The van der Waals surface area contributed by atoms with Crippen molar-refractivity contribution >= 4 is 0 Å². The van der Waals surface area contributed by atoms with Crippen molar-refractivity contribution in [1.29, 1.82) is 5.26 Å². The molecule has 0 spiro atoms. The van der Waals surface area contributed by atoms with Crippen molar-refractivity contribution in [2.45, 2.75) is 27.2 Å². The lowest BCUT2D eigenvalue weighted by Crippen LogP contribution is -2.00. The van der Waals surface area contributed by atoms with Gasteiger partial charge in [0.15, 0.2) is 0 Å². The van der Waals surface area contributed by atoms with Gasteiger partial charge in [-0.2, -0.15) is 5.26 Å². The molecule has 14 heavy (non-hydrogen) atoms. The van der Waals surface area contributed by atoms with Crippen LogP contribution in [-0.4, -0.2) is 6.61 Å². The van der Waals surface area contributed by atoms with Gasteiger partial charge in [-0.15, -0.1) is 0 Å². The molecule has 0 atom stereocenters. The fourth-order valence-electron chi connectivity index (χ4n) is 1.35. The van der Waals surface area contributed by atoms with Crippen molar-refractivity contribution in [3.63, 3.8) is 0 Å². The lowest BCUT2D eigenvalue weighted by atomic mass is 10.1. The first-order valence-corrected chi connectivity index (χ1v) is 4.73. The third-order valence-electron chi connectivity index (χ3n) is 2.33. The van der Waals surface area contributed by atoms with Crippen LogP contribution in [0.1, 0.15) is 23.1 Å². The molecule has 0 saturated carbocycles. The first-order chi connectivity index (χ1) is 6.66. The van der Waals surface area contributed by atoms with Crippen LogP contribution in [0.2, 0.25) is 0 Å². The monoisotopic (exact) mass is 189 g/mol. The summed E-state index contributed by atoms with van der Waals surface area (Å²) >= 11 is 0. The molecule has 1 rings (SSSR count). The largest absolute Gasteiger partial charge is 0.492 e. The van der Waals surface area contributed by atoms with Crippen molar-refractivity contribution < 1.29 is 4.74 Å². The summed E-state index contributed by atoms with van der Waals surface area (Å²) in [5.74, 6) is 0.931.